The normalized spacial score (nSPS) is 13.1. The lowest BCUT2D eigenvalue weighted by Gasteiger charge is -2.15. The smallest absolute Gasteiger partial charge is 0.287 e. The molecule has 1 unspecified atom stereocenters. The minimum atomic E-state index is -3.33. The molecule has 0 rings (SSSR count). The van der Waals surface area contributed by atoms with Crippen LogP contribution in [0.2, 0.25) is 0 Å². The molecule has 4 nitrogen and oxygen atoms in total. The molecule has 1 amide bonds. The Balaban J connectivity index is 3.92. The monoisotopic (exact) mass is 206 g/mol. The zero-order valence-electron chi connectivity index (χ0n) is 7.46. The molecular weight excluding hydrogens is 194 g/mol. The van der Waals surface area contributed by atoms with Crippen LogP contribution in [0.3, 0.4) is 0 Å². The Morgan fingerprint density at radius 1 is 1.71 bits per heavy atom. The second kappa shape index (κ2) is 5.52. The van der Waals surface area contributed by atoms with Crippen molar-refractivity contribution in [2.45, 2.75) is 18.4 Å². The first-order valence-corrected chi connectivity index (χ1v) is 3.88. The minimum Gasteiger partial charge on any atom is -0.390 e. The van der Waals surface area contributed by atoms with Crippen molar-refractivity contribution in [3.63, 3.8) is 0 Å². The zero-order valence-corrected chi connectivity index (χ0v) is 7.46. The summed E-state index contributed by atoms with van der Waals surface area (Å²) >= 11 is 0. The maximum absolute atomic E-state index is 12.4. The Labute approximate surface area is 80.5 Å². The topological polar surface area (TPSA) is 75.4 Å². The second-order valence-electron chi connectivity index (χ2n) is 2.75. The van der Waals surface area contributed by atoms with Crippen LogP contribution in [0, 0.1) is 12.3 Å². The molecule has 0 saturated carbocycles. The van der Waals surface area contributed by atoms with Crippen LogP contribution in [0.5, 0.6) is 0 Å². The van der Waals surface area contributed by atoms with Crippen LogP contribution in [0.4, 0.5) is 8.78 Å². The van der Waals surface area contributed by atoms with Crippen molar-refractivity contribution in [2.24, 2.45) is 5.73 Å². The van der Waals surface area contributed by atoms with E-state index in [1.807, 2.05) is 5.32 Å². The molecule has 0 aliphatic carbocycles. The Kier molecular flexibility index (Phi) is 5.05. The van der Waals surface area contributed by atoms with Gasteiger partial charge in [-0.05, 0) is 0 Å². The van der Waals surface area contributed by atoms with Crippen molar-refractivity contribution in [1.82, 2.24) is 5.32 Å². The lowest BCUT2D eigenvalue weighted by molar-refractivity contribution is -0.125. The van der Waals surface area contributed by atoms with Gasteiger partial charge in [-0.3, -0.25) is 4.79 Å². The summed E-state index contributed by atoms with van der Waals surface area (Å²) < 4.78 is 24.8. The second-order valence-corrected chi connectivity index (χ2v) is 2.75. The average Bonchev–Trinajstić information content (AvgIpc) is 2.15. The molecular formula is C8H12F2N2O2. The molecule has 14 heavy (non-hydrogen) atoms. The molecule has 0 radical (unpaired) electrons. The third-order valence-corrected chi connectivity index (χ3v) is 1.43. The molecule has 0 saturated heterocycles. The van der Waals surface area contributed by atoms with Gasteiger partial charge in [0, 0.05) is 6.42 Å². The fourth-order valence-corrected chi connectivity index (χ4v) is 0.623. The maximum Gasteiger partial charge on any atom is 0.287 e. The highest BCUT2D eigenvalue weighted by Crippen LogP contribution is 2.09. The molecule has 1 atom stereocenters. The number of halogens is 2. The molecule has 0 heterocycles. The van der Waals surface area contributed by atoms with E-state index in [0.717, 1.165) is 0 Å². The highest BCUT2D eigenvalue weighted by atomic mass is 19.3. The Morgan fingerprint density at radius 2 is 2.29 bits per heavy atom. The molecule has 0 bridgehead atoms. The standard InChI is InChI=1S/C8H12F2N2O2/c1-2-3-6(11)7(14)12-4-8(9,10)5-13/h1,6,13H,3-5,11H2,(H,12,14). The molecule has 4 N–H and O–H groups in total. The summed E-state index contributed by atoms with van der Waals surface area (Å²) in [5.41, 5.74) is 5.24. The Morgan fingerprint density at radius 3 is 2.71 bits per heavy atom. The van der Waals surface area contributed by atoms with Crippen LogP contribution >= 0.6 is 0 Å². The van der Waals surface area contributed by atoms with E-state index in [1.54, 1.807) is 0 Å². The number of hydrogen-bond donors (Lipinski definition) is 3. The van der Waals surface area contributed by atoms with E-state index >= 15 is 0 Å². The highest BCUT2D eigenvalue weighted by molar-refractivity contribution is 5.81. The molecule has 0 fully saturated rings. The number of aliphatic hydroxyl groups is 1. The maximum atomic E-state index is 12.4. The summed E-state index contributed by atoms with van der Waals surface area (Å²) in [4.78, 5) is 10.9. The Bertz CT molecular complexity index is 238. The van der Waals surface area contributed by atoms with Crippen LogP contribution < -0.4 is 11.1 Å². The minimum absolute atomic E-state index is 0.0173. The third-order valence-electron chi connectivity index (χ3n) is 1.43. The van der Waals surface area contributed by atoms with Crippen molar-refractivity contribution in [2.75, 3.05) is 13.2 Å². The van der Waals surface area contributed by atoms with Crippen molar-refractivity contribution in [1.29, 1.82) is 0 Å². The summed E-state index contributed by atoms with van der Waals surface area (Å²) in [6.45, 7) is -2.27. The molecule has 0 aliphatic rings. The molecule has 0 spiro atoms. The van der Waals surface area contributed by atoms with Crippen molar-refractivity contribution >= 4 is 5.91 Å². The number of terminal acetylenes is 1. The van der Waals surface area contributed by atoms with Gasteiger partial charge in [0.15, 0.2) is 0 Å². The van der Waals surface area contributed by atoms with Gasteiger partial charge in [0.2, 0.25) is 5.91 Å². The van der Waals surface area contributed by atoms with Crippen LogP contribution in [0.1, 0.15) is 6.42 Å². The first-order valence-electron chi connectivity index (χ1n) is 3.88. The van der Waals surface area contributed by atoms with Crippen LogP contribution in [0.25, 0.3) is 0 Å². The van der Waals surface area contributed by atoms with E-state index in [4.69, 9.17) is 17.3 Å². The predicted octanol–water partition coefficient (Wildman–Crippen LogP) is -0.919. The first-order chi connectivity index (χ1) is 6.43. The first kappa shape index (κ1) is 12.8. The zero-order chi connectivity index (χ0) is 11.2. The molecule has 0 aliphatic heterocycles. The van der Waals surface area contributed by atoms with E-state index in [0.29, 0.717) is 0 Å². The van der Waals surface area contributed by atoms with Crippen LogP contribution in [-0.4, -0.2) is 36.1 Å². The van der Waals surface area contributed by atoms with E-state index in [9.17, 15) is 13.6 Å². The summed E-state index contributed by atoms with van der Waals surface area (Å²) in [5.74, 6) is -1.94. The summed E-state index contributed by atoms with van der Waals surface area (Å²) in [6.07, 6.45) is 4.86. The van der Waals surface area contributed by atoms with Crippen LogP contribution in [-0.2, 0) is 4.79 Å². The largest absolute Gasteiger partial charge is 0.390 e. The fourth-order valence-electron chi connectivity index (χ4n) is 0.623. The number of amides is 1. The number of aliphatic hydroxyl groups excluding tert-OH is 1. The van der Waals surface area contributed by atoms with Gasteiger partial charge < -0.3 is 16.2 Å². The van der Waals surface area contributed by atoms with Crippen molar-refractivity contribution < 1.29 is 18.7 Å². The predicted molar refractivity (Wildman–Crippen MR) is 46.5 cm³/mol. The number of alkyl halides is 2. The Hall–Kier alpha value is -1.19. The lowest BCUT2D eigenvalue weighted by atomic mass is 10.2. The average molecular weight is 206 g/mol. The number of nitrogens with two attached hydrogens (primary N) is 1. The fraction of sp³-hybridized carbons (Fsp3) is 0.625. The quantitative estimate of drug-likeness (QED) is 0.509. The van der Waals surface area contributed by atoms with Gasteiger partial charge in [-0.15, -0.1) is 12.3 Å². The van der Waals surface area contributed by atoms with E-state index in [-0.39, 0.29) is 6.42 Å². The van der Waals surface area contributed by atoms with E-state index in [1.165, 1.54) is 0 Å². The van der Waals surface area contributed by atoms with E-state index in [2.05, 4.69) is 5.92 Å². The number of hydrogen-bond acceptors (Lipinski definition) is 3. The molecule has 0 aromatic heterocycles. The van der Waals surface area contributed by atoms with Gasteiger partial charge in [-0.25, -0.2) is 8.78 Å². The van der Waals surface area contributed by atoms with Crippen molar-refractivity contribution in [3.8, 4) is 12.3 Å². The molecule has 0 aromatic rings. The highest BCUT2D eigenvalue weighted by Gasteiger charge is 2.28. The van der Waals surface area contributed by atoms with Crippen LogP contribution in [0.15, 0.2) is 0 Å². The lowest BCUT2D eigenvalue weighted by Crippen LogP contribution is -2.46. The molecule has 0 aromatic carbocycles. The number of carbonyl (C=O) groups is 1. The van der Waals surface area contributed by atoms with Gasteiger partial charge >= 0.3 is 0 Å². The summed E-state index contributed by atoms with van der Waals surface area (Å²) in [5, 5.41) is 10.1. The summed E-state index contributed by atoms with van der Waals surface area (Å²) in [6, 6.07) is -0.991. The van der Waals surface area contributed by atoms with Gasteiger partial charge in [0.25, 0.3) is 5.92 Å². The van der Waals surface area contributed by atoms with Gasteiger partial charge in [-0.1, -0.05) is 0 Å². The van der Waals surface area contributed by atoms with Crippen molar-refractivity contribution in [3.05, 3.63) is 0 Å². The van der Waals surface area contributed by atoms with E-state index < -0.39 is 31.0 Å². The molecule has 80 valence electrons. The summed E-state index contributed by atoms with van der Waals surface area (Å²) in [7, 11) is 0. The van der Waals surface area contributed by atoms with Gasteiger partial charge in [0.1, 0.15) is 6.61 Å². The molecule has 6 heteroatoms. The number of rotatable bonds is 5. The number of nitrogens with one attached hydrogen (secondary N) is 1. The van der Waals surface area contributed by atoms with Gasteiger partial charge in [0.05, 0.1) is 12.6 Å². The third kappa shape index (κ3) is 4.74. The number of carbonyl (C=O) groups excluding carboxylic acids is 1. The van der Waals surface area contributed by atoms with Gasteiger partial charge in [-0.2, -0.15) is 0 Å². The SMILES string of the molecule is C#CCC(N)C(=O)NCC(F)(F)CO.